The summed E-state index contributed by atoms with van der Waals surface area (Å²) in [6, 6.07) is 6.86. The first-order valence-corrected chi connectivity index (χ1v) is 9.95. The van der Waals surface area contributed by atoms with E-state index in [1.165, 1.54) is 0 Å². The lowest BCUT2D eigenvalue weighted by atomic mass is 10.1. The molecule has 2 amide bonds. The quantitative estimate of drug-likeness (QED) is 0.251. The van der Waals surface area contributed by atoms with Gasteiger partial charge in [-0.1, -0.05) is 6.92 Å². The predicted octanol–water partition coefficient (Wildman–Crippen LogP) is 1.82. The first-order valence-electron chi connectivity index (χ1n) is 9.95. The molecule has 0 aliphatic heterocycles. The number of unbranched alkanes of at least 4 members (excludes halogenated alkanes) is 1. The van der Waals surface area contributed by atoms with Gasteiger partial charge in [0.2, 0.25) is 5.91 Å². The van der Waals surface area contributed by atoms with Crippen LogP contribution in [0, 0.1) is 0 Å². The van der Waals surface area contributed by atoms with Crippen LogP contribution in [-0.4, -0.2) is 50.8 Å². The van der Waals surface area contributed by atoms with Crippen LogP contribution in [0.3, 0.4) is 0 Å². The highest BCUT2D eigenvalue weighted by Crippen LogP contribution is 2.09. The number of benzene rings is 1. The van der Waals surface area contributed by atoms with Crippen molar-refractivity contribution in [1.82, 2.24) is 10.8 Å². The summed E-state index contributed by atoms with van der Waals surface area (Å²) in [4.78, 5) is 28.8. The van der Waals surface area contributed by atoms with E-state index in [9.17, 15) is 9.59 Å². The van der Waals surface area contributed by atoms with E-state index < -0.39 is 11.9 Å². The zero-order valence-electron chi connectivity index (χ0n) is 17.0. The molecule has 0 unspecified atom stereocenters. The third-order valence-corrected chi connectivity index (χ3v) is 4.03. The zero-order chi connectivity index (χ0) is 20.6. The summed E-state index contributed by atoms with van der Waals surface area (Å²) in [5, 5.41) is 6.16. The molecule has 0 saturated carbocycles. The molecule has 0 heterocycles. The summed E-state index contributed by atoms with van der Waals surface area (Å²) in [6.45, 7) is 6.87. The molecule has 0 bridgehead atoms. The largest absolute Gasteiger partial charge is 0.385 e. The third-order valence-electron chi connectivity index (χ3n) is 4.03. The Morgan fingerprint density at radius 3 is 2.46 bits per heavy atom. The molecule has 1 aromatic carbocycles. The second-order valence-corrected chi connectivity index (χ2v) is 6.37. The number of anilines is 1. The fourth-order valence-electron chi connectivity index (χ4n) is 2.45. The van der Waals surface area contributed by atoms with Crippen molar-refractivity contribution >= 4 is 17.5 Å². The van der Waals surface area contributed by atoms with Crippen molar-refractivity contribution in [2.75, 3.05) is 38.2 Å². The summed E-state index contributed by atoms with van der Waals surface area (Å²) in [6.07, 6.45) is 3.06. The Hall–Kier alpha value is -2.16. The van der Waals surface area contributed by atoms with Gasteiger partial charge >= 0.3 is 0 Å². The Bertz CT molecular complexity index is 566. The highest BCUT2D eigenvalue weighted by molar-refractivity contribution is 5.94. The molecule has 0 aromatic heterocycles. The Balaban J connectivity index is 2.21. The van der Waals surface area contributed by atoms with Gasteiger partial charge in [0.15, 0.2) is 0 Å². The predicted molar refractivity (Wildman–Crippen MR) is 110 cm³/mol. The summed E-state index contributed by atoms with van der Waals surface area (Å²) in [5.74, 6) is -0.567. The van der Waals surface area contributed by atoms with Crippen molar-refractivity contribution in [2.45, 2.75) is 45.6 Å². The molecule has 1 rings (SSSR count). The number of carbonyl (C=O) groups is 2. The van der Waals surface area contributed by atoms with Crippen molar-refractivity contribution < 1.29 is 19.2 Å². The fourth-order valence-corrected chi connectivity index (χ4v) is 2.45. The maximum atomic E-state index is 12.2. The van der Waals surface area contributed by atoms with Crippen molar-refractivity contribution in [1.29, 1.82) is 0 Å². The van der Waals surface area contributed by atoms with Gasteiger partial charge in [-0.25, -0.2) is 0 Å². The van der Waals surface area contributed by atoms with E-state index in [0.29, 0.717) is 38.3 Å². The van der Waals surface area contributed by atoms with Crippen LogP contribution in [0.25, 0.3) is 0 Å². The number of hydroxylamine groups is 1. The first kappa shape index (κ1) is 23.9. The number of hydrogen-bond acceptors (Lipinski definition) is 6. The van der Waals surface area contributed by atoms with Crippen LogP contribution in [-0.2, 0) is 14.4 Å². The number of carbonyl (C=O) groups excluding carboxylic acids is 2. The fraction of sp³-hybridized carbons (Fsp3) is 0.600. The smallest absolute Gasteiger partial charge is 0.251 e. The van der Waals surface area contributed by atoms with E-state index in [4.69, 9.17) is 15.3 Å². The molecule has 0 saturated heterocycles. The molecule has 0 fully saturated rings. The molecule has 0 radical (unpaired) electrons. The Morgan fingerprint density at radius 1 is 1.07 bits per heavy atom. The number of primary amides is 1. The molecule has 1 aromatic rings. The summed E-state index contributed by atoms with van der Waals surface area (Å²) in [5.41, 5.74) is 9.68. The summed E-state index contributed by atoms with van der Waals surface area (Å²) < 4.78 is 5.15. The van der Waals surface area contributed by atoms with E-state index >= 15 is 0 Å². The Kier molecular flexibility index (Phi) is 12.7. The molecular formula is C20H34N4O4. The zero-order valence-corrected chi connectivity index (χ0v) is 17.0. The van der Waals surface area contributed by atoms with E-state index in [1.807, 2.05) is 19.1 Å². The normalized spacial score (nSPS) is 11.8. The number of amides is 2. The van der Waals surface area contributed by atoms with Crippen LogP contribution >= 0.6 is 0 Å². The SMILES string of the molecule is CCCNc1ccc(C(=O)NCCCC[C@H](NOCCOCC)C(N)=O)cc1. The number of nitrogens with two attached hydrogens (primary N) is 1. The molecule has 158 valence electrons. The average Bonchev–Trinajstić information content (AvgIpc) is 2.70. The highest BCUT2D eigenvalue weighted by Gasteiger charge is 2.14. The van der Waals surface area contributed by atoms with Crippen molar-refractivity contribution in [3.05, 3.63) is 29.8 Å². The second kappa shape index (κ2) is 14.8. The molecule has 0 aliphatic rings. The van der Waals surface area contributed by atoms with Crippen LogP contribution < -0.4 is 21.8 Å². The molecule has 0 aliphatic carbocycles. The van der Waals surface area contributed by atoms with Crippen LogP contribution in [0.5, 0.6) is 0 Å². The Morgan fingerprint density at radius 2 is 1.82 bits per heavy atom. The lowest BCUT2D eigenvalue weighted by Crippen LogP contribution is -2.41. The van der Waals surface area contributed by atoms with Gasteiger partial charge in [0.05, 0.1) is 13.2 Å². The molecule has 8 nitrogen and oxygen atoms in total. The number of rotatable bonds is 16. The molecule has 28 heavy (non-hydrogen) atoms. The maximum Gasteiger partial charge on any atom is 0.251 e. The van der Waals surface area contributed by atoms with Gasteiger partial charge in [0.25, 0.3) is 5.91 Å². The van der Waals surface area contributed by atoms with Gasteiger partial charge in [0.1, 0.15) is 6.04 Å². The first-order chi connectivity index (χ1) is 13.6. The minimum Gasteiger partial charge on any atom is -0.385 e. The van der Waals surface area contributed by atoms with Crippen LogP contribution in [0.4, 0.5) is 5.69 Å². The monoisotopic (exact) mass is 394 g/mol. The number of nitrogens with one attached hydrogen (secondary N) is 3. The van der Waals surface area contributed by atoms with Gasteiger partial charge in [-0.15, -0.1) is 0 Å². The van der Waals surface area contributed by atoms with Crippen LogP contribution in [0.15, 0.2) is 24.3 Å². The van der Waals surface area contributed by atoms with E-state index in [0.717, 1.165) is 31.5 Å². The van der Waals surface area contributed by atoms with Gasteiger partial charge in [-0.3, -0.25) is 14.4 Å². The Labute approximate surface area is 167 Å². The minimum atomic E-state index is -0.555. The standard InChI is InChI=1S/C20H34N4O4/c1-3-12-22-17-10-8-16(9-11-17)20(26)23-13-6-5-7-18(19(21)25)24-28-15-14-27-4-2/h8-11,18,22,24H,3-7,12-15H2,1-2H3,(H2,21,25)(H,23,26)/t18-/m0/s1. The topological polar surface area (TPSA) is 115 Å². The van der Waals surface area contributed by atoms with E-state index in [1.54, 1.807) is 12.1 Å². The molecular weight excluding hydrogens is 360 g/mol. The summed E-state index contributed by atoms with van der Waals surface area (Å²) in [7, 11) is 0. The van der Waals surface area contributed by atoms with E-state index in [2.05, 4.69) is 23.0 Å². The number of hydrogen-bond donors (Lipinski definition) is 4. The average molecular weight is 395 g/mol. The van der Waals surface area contributed by atoms with E-state index in [-0.39, 0.29) is 5.91 Å². The molecule has 5 N–H and O–H groups in total. The lowest BCUT2D eigenvalue weighted by Gasteiger charge is -2.15. The highest BCUT2D eigenvalue weighted by atomic mass is 16.7. The van der Waals surface area contributed by atoms with Gasteiger partial charge in [-0.2, -0.15) is 5.48 Å². The van der Waals surface area contributed by atoms with Crippen molar-refractivity contribution in [2.24, 2.45) is 5.73 Å². The van der Waals surface area contributed by atoms with Crippen LogP contribution in [0.2, 0.25) is 0 Å². The van der Waals surface area contributed by atoms with Gasteiger partial charge < -0.3 is 21.1 Å². The van der Waals surface area contributed by atoms with Crippen molar-refractivity contribution in [3.63, 3.8) is 0 Å². The summed E-state index contributed by atoms with van der Waals surface area (Å²) >= 11 is 0. The maximum absolute atomic E-state index is 12.2. The lowest BCUT2D eigenvalue weighted by molar-refractivity contribution is -0.125. The van der Waals surface area contributed by atoms with Gasteiger partial charge in [0, 0.05) is 30.9 Å². The van der Waals surface area contributed by atoms with Crippen LogP contribution in [0.1, 0.15) is 49.9 Å². The molecule has 0 spiro atoms. The number of ether oxygens (including phenoxy) is 1. The molecule has 1 atom stereocenters. The third kappa shape index (κ3) is 10.2. The van der Waals surface area contributed by atoms with Gasteiger partial charge in [-0.05, 0) is 56.9 Å². The molecule has 8 heteroatoms. The second-order valence-electron chi connectivity index (χ2n) is 6.37. The van der Waals surface area contributed by atoms with Crippen molar-refractivity contribution in [3.8, 4) is 0 Å². The minimum absolute atomic E-state index is 0.106.